The number of carbonyl (C=O) groups excluding carboxylic acids is 1. The summed E-state index contributed by atoms with van der Waals surface area (Å²) in [4.78, 5) is 11.9. The average molecular weight is 220 g/mol. The summed E-state index contributed by atoms with van der Waals surface area (Å²) in [6.45, 7) is 0. The van der Waals surface area contributed by atoms with Crippen molar-refractivity contribution in [1.29, 1.82) is 0 Å². The number of benzene rings is 1. The highest BCUT2D eigenvalue weighted by atomic mass is 32.1. The van der Waals surface area contributed by atoms with E-state index in [1.807, 2.05) is 6.07 Å². The fourth-order valence-corrected chi connectivity index (χ4v) is 1.65. The second-order valence-corrected chi connectivity index (χ2v) is 3.38. The zero-order valence-corrected chi connectivity index (χ0v) is 8.82. The molecule has 0 aliphatic heterocycles. The standard InChI is InChI=1S/C10H8N2O2S/c1-14-9-5-3-2-4-7(9)10(13)8-6-11-15-12-8/h2-6H,1H3. The third-order valence-corrected chi connectivity index (χ3v) is 2.42. The molecule has 1 aromatic heterocycles. The Bertz CT molecular complexity index is 468. The number of methoxy groups -OCH3 is 1. The van der Waals surface area contributed by atoms with Crippen LogP contribution in [0.5, 0.6) is 5.75 Å². The van der Waals surface area contributed by atoms with Crippen LogP contribution in [-0.4, -0.2) is 21.6 Å². The van der Waals surface area contributed by atoms with Crippen molar-refractivity contribution in [2.75, 3.05) is 7.11 Å². The maximum Gasteiger partial charge on any atom is 0.217 e. The molecule has 5 heteroatoms. The molecule has 2 aromatic rings. The highest BCUT2D eigenvalue weighted by Crippen LogP contribution is 2.20. The van der Waals surface area contributed by atoms with Gasteiger partial charge in [0.2, 0.25) is 5.78 Å². The Morgan fingerprint density at radius 2 is 2.20 bits per heavy atom. The smallest absolute Gasteiger partial charge is 0.217 e. The molecule has 0 radical (unpaired) electrons. The Morgan fingerprint density at radius 1 is 1.40 bits per heavy atom. The van der Waals surface area contributed by atoms with E-state index in [0.717, 1.165) is 11.7 Å². The molecule has 0 atom stereocenters. The maximum atomic E-state index is 11.9. The largest absolute Gasteiger partial charge is 0.496 e. The fourth-order valence-electron chi connectivity index (χ4n) is 1.23. The summed E-state index contributed by atoms with van der Waals surface area (Å²) < 4.78 is 12.8. The zero-order chi connectivity index (χ0) is 10.7. The lowest BCUT2D eigenvalue weighted by molar-refractivity contribution is 0.103. The molecule has 0 unspecified atom stereocenters. The molecule has 0 aliphatic carbocycles. The molecule has 0 spiro atoms. The Morgan fingerprint density at radius 3 is 2.87 bits per heavy atom. The summed E-state index contributed by atoms with van der Waals surface area (Å²) in [5.41, 5.74) is 0.859. The normalized spacial score (nSPS) is 9.93. The van der Waals surface area contributed by atoms with Crippen LogP contribution in [0.15, 0.2) is 30.5 Å². The van der Waals surface area contributed by atoms with Crippen LogP contribution < -0.4 is 4.74 Å². The lowest BCUT2D eigenvalue weighted by Gasteiger charge is -2.04. The monoisotopic (exact) mass is 220 g/mol. The van der Waals surface area contributed by atoms with Gasteiger partial charge in [-0.2, -0.15) is 8.75 Å². The van der Waals surface area contributed by atoms with E-state index in [4.69, 9.17) is 4.74 Å². The van der Waals surface area contributed by atoms with Gasteiger partial charge < -0.3 is 4.74 Å². The minimum atomic E-state index is -0.166. The number of para-hydroxylation sites is 1. The maximum absolute atomic E-state index is 11.9. The van der Waals surface area contributed by atoms with Crippen molar-refractivity contribution in [3.05, 3.63) is 41.7 Å². The van der Waals surface area contributed by atoms with Gasteiger partial charge in [0, 0.05) is 0 Å². The summed E-state index contributed by atoms with van der Waals surface area (Å²) in [7, 11) is 1.53. The van der Waals surface area contributed by atoms with Gasteiger partial charge in [0.1, 0.15) is 11.4 Å². The van der Waals surface area contributed by atoms with E-state index in [1.54, 1.807) is 18.2 Å². The third-order valence-electron chi connectivity index (χ3n) is 1.95. The molecular weight excluding hydrogens is 212 g/mol. The summed E-state index contributed by atoms with van der Waals surface area (Å²) in [5.74, 6) is 0.386. The van der Waals surface area contributed by atoms with Gasteiger partial charge in [-0.1, -0.05) is 12.1 Å². The lowest BCUT2D eigenvalue weighted by Crippen LogP contribution is -2.03. The number of hydrogen-bond acceptors (Lipinski definition) is 5. The SMILES string of the molecule is COc1ccccc1C(=O)c1cnsn1. The van der Waals surface area contributed by atoms with Crippen molar-refractivity contribution in [2.45, 2.75) is 0 Å². The molecule has 0 saturated heterocycles. The van der Waals surface area contributed by atoms with Crippen molar-refractivity contribution < 1.29 is 9.53 Å². The van der Waals surface area contributed by atoms with Crippen molar-refractivity contribution in [1.82, 2.24) is 8.75 Å². The molecule has 0 N–H and O–H groups in total. The van der Waals surface area contributed by atoms with Gasteiger partial charge in [-0.15, -0.1) is 0 Å². The number of nitrogens with zero attached hydrogens (tertiary/aromatic N) is 2. The minimum Gasteiger partial charge on any atom is -0.496 e. The number of aromatic nitrogens is 2. The van der Waals surface area contributed by atoms with E-state index in [0.29, 0.717) is 17.0 Å². The topological polar surface area (TPSA) is 52.1 Å². The van der Waals surface area contributed by atoms with Crippen LogP contribution in [0.4, 0.5) is 0 Å². The van der Waals surface area contributed by atoms with Crippen LogP contribution in [-0.2, 0) is 0 Å². The van der Waals surface area contributed by atoms with Crippen LogP contribution in [0.3, 0.4) is 0 Å². The quantitative estimate of drug-likeness (QED) is 0.740. The van der Waals surface area contributed by atoms with Gasteiger partial charge in [-0.3, -0.25) is 4.79 Å². The van der Waals surface area contributed by atoms with E-state index in [2.05, 4.69) is 8.75 Å². The first-order valence-corrected chi connectivity index (χ1v) is 5.01. The molecule has 1 aromatic carbocycles. The molecule has 0 saturated carbocycles. The van der Waals surface area contributed by atoms with Gasteiger partial charge >= 0.3 is 0 Å². The van der Waals surface area contributed by atoms with Crippen LogP contribution in [0, 0.1) is 0 Å². The Hall–Kier alpha value is -1.75. The lowest BCUT2D eigenvalue weighted by atomic mass is 10.1. The van der Waals surface area contributed by atoms with E-state index < -0.39 is 0 Å². The summed E-state index contributed by atoms with van der Waals surface area (Å²) >= 11 is 1.01. The number of hydrogen-bond donors (Lipinski definition) is 0. The van der Waals surface area contributed by atoms with Crippen molar-refractivity contribution in [3.8, 4) is 5.75 Å². The summed E-state index contributed by atoms with van der Waals surface area (Å²) in [5, 5.41) is 0. The molecule has 0 bridgehead atoms. The molecule has 4 nitrogen and oxygen atoms in total. The first-order valence-electron chi connectivity index (χ1n) is 4.28. The van der Waals surface area contributed by atoms with E-state index in [9.17, 15) is 4.79 Å². The molecule has 76 valence electrons. The van der Waals surface area contributed by atoms with Crippen molar-refractivity contribution >= 4 is 17.5 Å². The number of ether oxygens (including phenoxy) is 1. The van der Waals surface area contributed by atoms with E-state index in [-0.39, 0.29) is 5.78 Å². The van der Waals surface area contributed by atoms with E-state index in [1.165, 1.54) is 13.3 Å². The van der Waals surface area contributed by atoms with E-state index >= 15 is 0 Å². The Labute approximate surface area is 90.9 Å². The first-order chi connectivity index (χ1) is 7.33. The predicted octanol–water partition coefficient (Wildman–Crippen LogP) is 1.78. The van der Waals surface area contributed by atoms with Gasteiger partial charge in [-0.05, 0) is 12.1 Å². The average Bonchev–Trinajstić information content (AvgIpc) is 2.81. The van der Waals surface area contributed by atoms with Crippen LogP contribution in [0.25, 0.3) is 0 Å². The molecule has 0 amide bonds. The van der Waals surface area contributed by atoms with Crippen LogP contribution >= 0.6 is 11.7 Å². The molecule has 0 fully saturated rings. The van der Waals surface area contributed by atoms with Crippen LogP contribution in [0.1, 0.15) is 16.1 Å². The molecular formula is C10H8N2O2S. The highest BCUT2D eigenvalue weighted by molar-refractivity contribution is 6.99. The third kappa shape index (κ3) is 1.87. The molecule has 0 aliphatic rings. The minimum absolute atomic E-state index is 0.166. The molecule has 2 rings (SSSR count). The summed E-state index contributed by atoms with van der Waals surface area (Å²) in [6, 6.07) is 7.05. The number of carbonyl (C=O) groups is 1. The van der Waals surface area contributed by atoms with Gasteiger partial charge in [0.05, 0.1) is 30.6 Å². The fraction of sp³-hybridized carbons (Fsp3) is 0.100. The number of rotatable bonds is 3. The predicted molar refractivity (Wildman–Crippen MR) is 56.3 cm³/mol. The summed E-state index contributed by atoms with van der Waals surface area (Å²) in [6.07, 6.45) is 1.46. The molecule has 15 heavy (non-hydrogen) atoms. The zero-order valence-electron chi connectivity index (χ0n) is 8.01. The van der Waals surface area contributed by atoms with Gasteiger partial charge in [0.25, 0.3) is 0 Å². The number of ketones is 1. The van der Waals surface area contributed by atoms with Gasteiger partial charge in [-0.25, -0.2) is 0 Å². The Balaban J connectivity index is 2.42. The van der Waals surface area contributed by atoms with Crippen molar-refractivity contribution in [2.24, 2.45) is 0 Å². The Kier molecular flexibility index (Phi) is 2.73. The highest BCUT2D eigenvalue weighted by Gasteiger charge is 2.15. The second kappa shape index (κ2) is 4.18. The van der Waals surface area contributed by atoms with Crippen LogP contribution in [0.2, 0.25) is 0 Å². The first kappa shape index (κ1) is 9.79. The second-order valence-electron chi connectivity index (χ2n) is 2.82. The molecule has 1 heterocycles. The van der Waals surface area contributed by atoms with Gasteiger partial charge in [0.15, 0.2) is 0 Å². The van der Waals surface area contributed by atoms with Crippen molar-refractivity contribution in [3.63, 3.8) is 0 Å².